The molecule has 0 amide bonds. The van der Waals surface area contributed by atoms with Crippen molar-refractivity contribution < 1.29 is 78.3 Å². The van der Waals surface area contributed by atoms with Gasteiger partial charge in [0.1, 0.15) is 31.0 Å². The van der Waals surface area contributed by atoms with E-state index < -0.39 is 128 Å². The molecule has 16 heteroatoms. The minimum atomic E-state index is -1.99. The summed E-state index contributed by atoms with van der Waals surface area (Å²) in [5.74, 6) is -8.40. The fraction of sp³-hybridized carbons (Fsp3) is 0.853. The molecular weight excluding hydrogens is 664 g/mol. The quantitative estimate of drug-likeness (QED) is 0.0617. The van der Waals surface area contributed by atoms with Crippen LogP contribution < -0.4 is 0 Å². The Labute approximate surface area is 294 Å². The molecule has 12 unspecified atom stereocenters. The van der Waals surface area contributed by atoms with Gasteiger partial charge in [-0.15, -0.1) is 0 Å². The number of rotatable bonds is 23. The lowest BCUT2D eigenvalue weighted by atomic mass is 9.99. The molecule has 0 radical (unpaired) electrons. The first-order chi connectivity index (χ1) is 23.2. The highest BCUT2D eigenvalue weighted by molar-refractivity contribution is 5.87. The van der Waals surface area contributed by atoms with Crippen molar-refractivity contribution in [2.45, 2.75) is 143 Å². The van der Waals surface area contributed by atoms with Crippen LogP contribution in [0.4, 0.5) is 0 Å². The minimum Gasteiger partial charge on any atom is -0.460 e. The van der Waals surface area contributed by atoms with Crippen molar-refractivity contribution in [3.05, 3.63) is 0 Å². The summed E-state index contributed by atoms with van der Waals surface area (Å²) in [7, 11) is 0. The Kier molecular flexibility index (Phi) is 21.5. The van der Waals surface area contributed by atoms with Crippen molar-refractivity contribution in [1.82, 2.24) is 0 Å². The SMILES string of the molecule is CCC(C)C(O)C(=O)OC(C(=O)OC(C(=O)OC(C(=O)OC(C(=O)OCC(O)C(O)C(O)C(O)CO)C(C)C)C(C)CC)C(C)CC)C(C)C. The summed E-state index contributed by atoms with van der Waals surface area (Å²) >= 11 is 0. The monoisotopic (exact) mass is 724 g/mol. The summed E-state index contributed by atoms with van der Waals surface area (Å²) < 4.78 is 26.8. The zero-order valence-electron chi connectivity index (χ0n) is 30.9. The molecular formula is C34H60O16. The third-order valence-corrected chi connectivity index (χ3v) is 8.58. The van der Waals surface area contributed by atoms with Crippen LogP contribution in [0.3, 0.4) is 0 Å². The summed E-state index contributed by atoms with van der Waals surface area (Å²) in [6, 6.07) is 0. The van der Waals surface area contributed by atoms with Crippen LogP contribution in [0.5, 0.6) is 0 Å². The van der Waals surface area contributed by atoms with Crippen molar-refractivity contribution in [3.63, 3.8) is 0 Å². The first kappa shape index (κ1) is 47.1. The third-order valence-electron chi connectivity index (χ3n) is 8.58. The van der Waals surface area contributed by atoms with E-state index in [1.54, 1.807) is 55.4 Å². The molecule has 12 atom stereocenters. The van der Waals surface area contributed by atoms with Gasteiger partial charge in [0, 0.05) is 23.7 Å². The van der Waals surface area contributed by atoms with E-state index >= 15 is 0 Å². The average Bonchev–Trinajstić information content (AvgIpc) is 3.09. The lowest BCUT2D eigenvalue weighted by molar-refractivity contribution is -0.196. The van der Waals surface area contributed by atoms with Gasteiger partial charge in [-0.25, -0.2) is 24.0 Å². The molecule has 16 nitrogen and oxygen atoms in total. The largest absolute Gasteiger partial charge is 0.460 e. The molecule has 50 heavy (non-hydrogen) atoms. The summed E-state index contributed by atoms with van der Waals surface area (Å²) in [5.41, 5.74) is 0. The molecule has 6 N–H and O–H groups in total. The van der Waals surface area contributed by atoms with Crippen LogP contribution in [0.2, 0.25) is 0 Å². The fourth-order valence-corrected chi connectivity index (χ4v) is 4.27. The molecule has 0 fully saturated rings. The van der Waals surface area contributed by atoms with Crippen LogP contribution in [0.25, 0.3) is 0 Å². The Morgan fingerprint density at radius 2 is 0.820 bits per heavy atom. The summed E-state index contributed by atoms with van der Waals surface area (Å²) in [6.07, 6.45) is -14.1. The number of hydrogen-bond acceptors (Lipinski definition) is 16. The highest BCUT2D eigenvalue weighted by atomic mass is 16.6. The highest BCUT2D eigenvalue weighted by Crippen LogP contribution is 2.23. The Morgan fingerprint density at radius 1 is 0.480 bits per heavy atom. The predicted molar refractivity (Wildman–Crippen MR) is 176 cm³/mol. The molecule has 0 spiro atoms. The van der Waals surface area contributed by atoms with E-state index in [2.05, 4.69) is 0 Å². The van der Waals surface area contributed by atoms with Gasteiger partial charge in [0.15, 0.2) is 6.10 Å². The summed E-state index contributed by atoms with van der Waals surface area (Å²) in [4.78, 5) is 65.6. The van der Waals surface area contributed by atoms with Crippen molar-refractivity contribution in [2.75, 3.05) is 13.2 Å². The van der Waals surface area contributed by atoms with E-state index in [0.29, 0.717) is 19.3 Å². The van der Waals surface area contributed by atoms with Crippen LogP contribution in [0, 0.1) is 29.6 Å². The van der Waals surface area contributed by atoms with E-state index in [1.165, 1.54) is 13.8 Å². The Hall–Kier alpha value is -2.89. The second-order valence-corrected chi connectivity index (χ2v) is 13.4. The molecule has 0 saturated carbocycles. The summed E-state index contributed by atoms with van der Waals surface area (Å²) in [5, 5.41) is 58.5. The normalized spacial score (nSPS) is 19.0. The average molecular weight is 725 g/mol. The first-order valence-electron chi connectivity index (χ1n) is 17.2. The number of carbonyl (C=O) groups is 5. The van der Waals surface area contributed by atoms with Crippen molar-refractivity contribution in [1.29, 1.82) is 0 Å². The molecule has 0 heterocycles. The maximum atomic E-state index is 13.5. The molecule has 0 aliphatic heterocycles. The number of esters is 5. The van der Waals surface area contributed by atoms with Gasteiger partial charge in [-0.05, 0) is 18.8 Å². The molecule has 292 valence electrons. The van der Waals surface area contributed by atoms with E-state index in [-0.39, 0.29) is 0 Å². The molecule has 0 saturated heterocycles. The van der Waals surface area contributed by atoms with Crippen LogP contribution in [0.15, 0.2) is 0 Å². The molecule has 0 aliphatic rings. The lowest BCUT2D eigenvalue weighted by Crippen LogP contribution is -2.48. The molecule has 0 aromatic rings. The van der Waals surface area contributed by atoms with Gasteiger partial charge >= 0.3 is 29.8 Å². The molecule has 0 rings (SSSR count). The zero-order chi connectivity index (χ0) is 39.0. The smallest absolute Gasteiger partial charge is 0.348 e. The van der Waals surface area contributed by atoms with Crippen molar-refractivity contribution >= 4 is 29.8 Å². The third kappa shape index (κ3) is 14.4. The van der Waals surface area contributed by atoms with Gasteiger partial charge < -0.3 is 54.3 Å². The van der Waals surface area contributed by atoms with Gasteiger partial charge in [0.2, 0.25) is 24.4 Å². The van der Waals surface area contributed by atoms with Gasteiger partial charge in [0.25, 0.3) is 0 Å². The Morgan fingerprint density at radius 3 is 1.20 bits per heavy atom. The fourth-order valence-electron chi connectivity index (χ4n) is 4.27. The molecule has 0 bridgehead atoms. The van der Waals surface area contributed by atoms with Crippen molar-refractivity contribution in [2.24, 2.45) is 29.6 Å². The topological polar surface area (TPSA) is 253 Å². The van der Waals surface area contributed by atoms with E-state index in [4.69, 9.17) is 28.8 Å². The van der Waals surface area contributed by atoms with E-state index in [9.17, 15) is 49.5 Å². The van der Waals surface area contributed by atoms with Crippen LogP contribution >= 0.6 is 0 Å². The minimum absolute atomic E-state index is 0.313. The Bertz CT molecular complexity index is 1060. The van der Waals surface area contributed by atoms with Crippen LogP contribution in [-0.2, 0) is 47.7 Å². The summed E-state index contributed by atoms with van der Waals surface area (Å²) in [6.45, 7) is 14.5. The number of carbonyl (C=O) groups excluding carboxylic acids is 5. The maximum absolute atomic E-state index is 13.5. The van der Waals surface area contributed by atoms with Gasteiger partial charge in [0.05, 0.1) is 6.61 Å². The second kappa shape index (κ2) is 22.8. The standard InChI is InChI=1S/C34H60O16/c1-11-18(8)23(38)30(41)47-27(17(6)7)32(43)49-29(20(10)13-3)34(45)50-28(19(9)12-2)33(44)48-26(16(4)5)31(42)46-15-22(37)25(40)24(39)21(36)14-35/h16-29,35-40H,11-15H2,1-10H3. The zero-order valence-corrected chi connectivity index (χ0v) is 30.9. The number of aliphatic hydroxyl groups is 6. The maximum Gasteiger partial charge on any atom is 0.348 e. The second-order valence-electron chi connectivity index (χ2n) is 13.4. The molecule has 0 aromatic heterocycles. The predicted octanol–water partition coefficient (Wildman–Crippen LogP) is 0.424. The van der Waals surface area contributed by atoms with E-state index in [1.807, 2.05) is 0 Å². The number of hydrogen-bond donors (Lipinski definition) is 6. The molecule has 0 aromatic carbocycles. The van der Waals surface area contributed by atoms with E-state index in [0.717, 1.165) is 0 Å². The Balaban J connectivity index is 5.97. The number of aliphatic hydroxyl groups excluding tert-OH is 6. The first-order valence-corrected chi connectivity index (χ1v) is 17.2. The van der Waals surface area contributed by atoms with Crippen molar-refractivity contribution in [3.8, 4) is 0 Å². The van der Waals surface area contributed by atoms with Gasteiger partial charge in [-0.1, -0.05) is 75.7 Å². The lowest BCUT2D eigenvalue weighted by Gasteiger charge is -2.30. The number of ether oxygens (including phenoxy) is 5. The van der Waals surface area contributed by atoms with Crippen LogP contribution in [0.1, 0.15) is 88.5 Å². The van der Waals surface area contributed by atoms with Crippen LogP contribution in [-0.4, -0.2) is 129 Å². The highest BCUT2D eigenvalue weighted by Gasteiger charge is 2.41. The molecule has 0 aliphatic carbocycles. The van der Waals surface area contributed by atoms with Gasteiger partial charge in [-0.2, -0.15) is 0 Å². The van der Waals surface area contributed by atoms with Gasteiger partial charge in [-0.3, -0.25) is 0 Å².